The standard InChI is InChI=1S/C21H27N3O4S/c1-14(25)23-11-8-15-2-6-18(12-20(15)23)29(27,28)22-10-9-19-16(13-22)3-7-21(26)24(19)17-4-5-17/h2,6,12,16-17,19H,3-5,7-11,13H2,1H3/t16-,19+/m1/s1. The molecule has 0 unspecified atom stereocenters. The fourth-order valence-corrected chi connectivity index (χ4v) is 6.83. The second-order valence-corrected chi connectivity index (χ2v) is 10.7. The highest BCUT2D eigenvalue weighted by atomic mass is 32.2. The number of benzene rings is 1. The molecule has 29 heavy (non-hydrogen) atoms. The van der Waals surface area contributed by atoms with Crippen molar-refractivity contribution in [1.82, 2.24) is 9.21 Å². The molecule has 0 aromatic heterocycles. The number of rotatable bonds is 3. The van der Waals surface area contributed by atoms with Crippen molar-refractivity contribution in [2.75, 3.05) is 24.5 Å². The molecule has 3 fully saturated rings. The zero-order chi connectivity index (χ0) is 20.3. The largest absolute Gasteiger partial charge is 0.336 e. The molecule has 1 saturated carbocycles. The quantitative estimate of drug-likeness (QED) is 0.751. The van der Waals surface area contributed by atoms with Crippen molar-refractivity contribution in [3.63, 3.8) is 0 Å². The molecule has 1 aromatic carbocycles. The van der Waals surface area contributed by atoms with E-state index in [4.69, 9.17) is 0 Å². The lowest BCUT2D eigenvalue weighted by molar-refractivity contribution is -0.141. The Bertz CT molecular complexity index is 972. The van der Waals surface area contributed by atoms with Crippen LogP contribution in [0.15, 0.2) is 23.1 Å². The van der Waals surface area contributed by atoms with Gasteiger partial charge in [0.1, 0.15) is 0 Å². The Morgan fingerprint density at radius 1 is 1.07 bits per heavy atom. The molecule has 4 aliphatic rings. The summed E-state index contributed by atoms with van der Waals surface area (Å²) in [7, 11) is -3.63. The number of anilines is 1. The highest BCUT2D eigenvalue weighted by Crippen LogP contribution is 2.40. The van der Waals surface area contributed by atoms with Crippen LogP contribution in [0.4, 0.5) is 5.69 Å². The summed E-state index contributed by atoms with van der Waals surface area (Å²) in [6.45, 7) is 3.02. The van der Waals surface area contributed by atoms with Crippen LogP contribution in [0.5, 0.6) is 0 Å². The second kappa shape index (κ2) is 6.80. The second-order valence-electron chi connectivity index (χ2n) is 8.76. The van der Waals surface area contributed by atoms with E-state index < -0.39 is 10.0 Å². The van der Waals surface area contributed by atoms with Crippen LogP contribution < -0.4 is 4.90 Å². The minimum absolute atomic E-state index is 0.0637. The third-order valence-corrected chi connectivity index (χ3v) is 8.80. The number of carbonyl (C=O) groups excluding carboxylic acids is 2. The number of sulfonamides is 1. The summed E-state index contributed by atoms with van der Waals surface area (Å²) in [5, 5.41) is 0. The van der Waals surface area contributed by atoms with Gasteiger partial charge in [0, 0.05) is 50.7 Å². The molecule has 8 heteroatoms. The Morgan fingerprint density at radius 2 is 1.86 bits per heavy atom. The van der Waals surface area contributed by atoms with Crippen molar-refractivity contribution in [1.29, 1.82) is 0 Å². The summed E-state index contributed by atoms with van der Waals surface area (Å²) in [5.74, 6) is 0.388. The maximum absolute atomic E-state index is 13.4. The van der Waals surface area contributed by atoms with E-state index in [1.807, 2.05) is 6.07 Å². The first-order valence-electron chi connectivity index (χ1n) is 10.6. The van der Waals surface area contributed by atoms with E-state index in [0.29, 0.717) is 38.5 Å². The fourth-order valence-electron chi connectivity index (χ4n) is 5.30. The Balaban J connectivity index is 1.38. The summed E-state index contributed by atoms with van der Waals surface area (Å²) in [4.78, 5) is 28.2. The number of amides is 2. The fraction of sp³-hybridized carbons (Fsp3) is 0.619. The van der Waals surface area contributed by atoms with E-state index in [0.717, 1.165) is 36.9 Å². The third kappa shape index (κ3) is 3.17. The van der Waals surface area contributed by atoms with E-state index in [9.17, 15) is 18.0 Å². The Kier molecular flexibility index (Phi) is 4.47. The van der Waals surface area contributed by atoms with Crippen molar-refractivity contribution in [3.8, 4) is 0 Å². The van der Waals surface area contributed by atoms with Crippen molar-refractivity contribution in [2.24, 2.45) is 5.92 Å². The highest BCUT2D eigenvalue weighted by molar-refractivity contribution is 7.89. The van der Waals surface area contributed by atoms with Crippen LogP contribution in [0, 0.1) is 5.92 Å². The average Bonchev–Trinajstić information content (AvgIpc) is 3.44. The maximum atomic E-state index is 13.4. The predicted molar refractivity (Wildman–Crippen MR) is 108 cm³/mol. The van der Waals surface area contributed by atoms with Gasteiger partial charge in [-0.1, -0.05) is 6.07 Å². The first-order chi connectivity index (χ1) is 13.9. The van der Waals surface area contributed by atoms with Crippen LogP contribution in [0.2, 0.25) is 0 Å². The van der Waals surface area contributed by atoms with Gasteiger partial charge in [0.15, 0.2) is 0 Å². The molecule has 5 rings (SSSR count). The molecule has 3 aliphatic heterocycles. The maximum Gasteiger partial charge on any atom is 0.243 e. The Hall–Kier alpha value is -1.93. The van der Waals surface area contributed by atoms with Gasteiger partial charge in [-0.3, -0.25) is 9.59 Å². The molecule has 7 nitrogen and oxygen atoms in total. The number of hydrogen-bond acceptors (Lipinski definition) is 4. The van der Waals surface area contributed by atoms with Gasteiger partial charge in [0.2, 0.25) is 21.8 Å². The molecule has 1 aliphatic carbocycles. The van der Waals surface area contributed by atoms with Crippen LogP contribution in [0.3, 0.4) is 0 Å². The lowest BCUT2D eigenvalue weighted by Gasteiger charge is -2.46. The van der Waals surface area contributed by atoms with Gasteiger partial charge in [0.25, 0.3) is 0 Å². The smallest absolute Gasteiger partial charge is 0.243 e. The van der Waals surface area contributed by atoms with Gasteiger partial charge in [-0.15, -0.1) is 0 Å². The Morgan fingerprint density at radius 3 is 2.59 bits per heavy atom. The predicted octanol–water partition coefficient (Wildman–Crippen LogP) is 1.76. The van der Waals surface area contributed by atoms with Gasteiger partial charge >= 0.3 is 0 Å². The van der Waals surface area contributed by atoms with Crippen molar-refractivity contribution in [2.45, 2.75) is 62.4 Å². The molecule has 1 aromatic rings. The average molecular weight is 418 g/mol. The van der Waals surface area contributed by atoms with Crippen molar-refractivity contribution >= 4 is 27.5 Å². The van der Waals surface area contributed by atoms with Crippen molar-refractivity contribution in [3.05, 3.63) is 23.8 Å². The number of hydrogen-bond donors (Lipinski definition) is 0. The van der Waals surface area contributed by atoms with Crippen LogP contribution in [0.1, 0.15) is 44.6 Å². The molecule has 0 N–H and O–H groups in total. The van der Waals surface area contributed by atoms with Gasteiger partial charge in [-0.25, -0.2) is 8.42 Å². The summed E-state index contributed by atoms with van der Waals surface area (Å²) in [5.41, 5.74) is 1.74. The topological polar surface area (TPSA) is 78.0 Å². The molecule has 0 bridgehead atoms. The van der Waals surface area contributed by atoms with Gasteiger partial charge in [-0.05, 0) is 55.7 Å². The van der Waals surface area contributed by atoms with E-state index in [-0.39, 0.29) is 28.7 Å². The highest BCUT2D eigenvalue weighted by Gasteiger charge is 2.47. The summed E-state index contributed by atoms with van der Waals surface area (Å²) < 4.78 is 28.3. The molecule has 0 spiro atoms. The van der Waals surface area contributed by atoms with Crippen molar-refractivity contribution < 1.29 is 18.0 Å². The molecule has 2 amide bonds. The number of likely N-dealkylation sites (tertiary alicyclic amines) is 1. The summed E-state index contributed by atoms with van der Waals surface area (Å²) >= 11 is 0. The van der Waals surface area contributed by atoms with Gasteiger partial charge in [-0.2, -0.15) is 4.31 Å². The third-order valence-electron chi connectivity index (χ3n) is 6.94. The normalized spacial score (nSPS) is 27.7. The summed E-state index contributed by atoms with van der Waals surface area (Å²) in [6, 6.07) is 5.74. The SMILES string of the molecule is CC(=O)N1CCc2ccc(S(=O)(=O)N3CC[C@H]4[C@H](CCC(=O)N4C4CC4)C3)cc21. The molecule has 2 atom stereocenters. The summed E-state index contributed by atoms with van der Waals surface area (Å²) in [6.07, 6.45) is 4.92. The van der Waals surface area contributed by atoms with Gasteiger partial charge < -0.3 is 9.80 Å². The molecule has 3 heterocycles. The molecule has 2 saturated heterocycles. The minimum atomic E-state index is -3.63. The molecule has 156 valence electrons. The van der Waals surface area contributed by atoms with Crippen LogP contribution >= 0.6 is 0 Å². The van der Waals surface area contributed by atoms with E-state index >= 15 is 0 Å². The Labute approximate surface area is 171 Å². The lowest BCUT2D eigenvalue weighted by atomic mass is 9.84. The first kappa shape index (κ1) is 19.1. The molecular weight excluding hydrogens is 390 g/mol. The van der Waals surface area contributed by atoms with Gasteiger partial charge in [0.05, 0.1) is 4.90 Å². The van der Waals surface area contributed by atoms with Crippen LogP contribution in [-0.4, -0.2) is 61.2 Å². The number of piperidine rings is 2. The van der Waals surface area contributed by atoms with E-state index in [2.05, 4.69) is 4.90 Å². The van der Waals surface area contributed by atoms with Crippen LogP contribution in [-0.2, 0) is 26.0 Å². The first-order valence-corrected chi connectivity index (χ1v) is 12.0. The minimum Gasteiger partial charge on any atom is -0.336 e. The molecular formula is C21H27N3O4S. The molecule has 0 radical (unpaired) electrons. The zero-order valence-electron chi connectivity index (χ0n) is 16.7. The number of nitrogens with zero attached hydrogens (tertiary/aromatic N) is 3. The number of carbonyl (C=O) groups is 2. The monoisotopic (exact) mass is 417 g/mol. The zero-order valence-corrected chi connectivity index (χ0v) is 17.5. The lowest BCUT2D eigenvalue weighted by Crippen LogP contribution is -2.57. The number of fused-ring (bicyclic) bond motifs is 2. The van der Waals surface area contributed by atoms with E-state index in [1.165, 1.54) is 6.92 Å². The van der Waals surface area contributed by atoms with Crippen LogP contribution in [0.25, 0.3) is 0 Å². The van der Waals surface area contributed by atoms with E-state index in [1.54, 1.807) is 21.3 Å².